The molecule has 1 aliphatic heterocycles. The standard InChI is InChI=1S/C46H55NO6/c1-31-13-12-23-43(4)38(36-21-19-33(27-35(48)20-18-31)28-37(36)39(49)34-16-10-7-11-17-34)22-24-45(43,52)30-47(29-32-14-8-6-9-15-32)40(50)46-26-25-44(5,41(51)53-46)42(46,2)3/h6-11,13-17,19,21,28,35,38,48,52H,12,18,20,22-27,29-30H2,1-5H3. The maximum Gasteiger partial charge on any atom is 0.313 e. The Balaban J connectivity index is 1.32. The van der Waals surface area contributed by atoms with Crippen molar-refractivity contribution in [1.29, 1.82) is 0 Å². The van der Waals surface area contributed by atoms with Gasteiger partial charge in [0.15, 0.2) is 11.4 Å². The summed E-state index contributed by atoms with van der Waals surface area (Å²) in [5.74, 6) is -0.839. The molecule has 4 aliphatic carbocycles. The maximum atomic E-state index is 15.1. The minimum absolute atomic E-state index is 0.0642. The Morgan fingerprint density at radius 3 is 2.25 bits per heavy atom. The average Bonchev–Trinajstić information content (AvgIpc) is 3.58. The van der Waals surface area contributed by atoms with Gasteiger partial charge >= 0.3 is 5.97 Å². The van der Waals surface area contributed by atoms with Crippen LogP contribution in [0.25, 0.3) is 0 Å². The minimum Gasteiger partial charge on any atom is -0.448 e. The third kappa shape index (κ3) is 6.08. The molecular weight excluding hydrogens is 663 g/mol. The van der Waals surface area contributed by atoms with E-state index < -0.39 is 33.6 Å². The van der Waals surface area contributed by atoms with Crippen molar-refractivity contribution in [3.63, 3.8) is 0 Å². The first-order valence-electron chi connectivity index (χ1n) is 19.5. The molecule has 4 bridgehead atoms. The number of esters is 1. The van der Waals surface area contributed by atoms with Crippen LogP contribution in [0.4, 0.5) is 0 Å². The summed E-state index contributed by atoms with van der Waals surface area (Å²) < 4.78 is 6.13. The highest BCUT2D eigenvalue weighted by Crippen LogP contribution is 2.66. The number of aliphatic hydroxyl groups excluding tert-OH is 1. The number of fused-ring (bicyclic) bond motifs is 10. The fraction of sp³-hybridized carbons (Fsp3) is 0.500. The highest BCUT2D eigenvalue weighted by Gasteiger charge is 2.76. The second kappa shape index (κ2) is 13.7. The number of ketones is 1. The SMILES string of the molecule is CC1=CCCC2(C)C(CCC2(O)CN(Cc2ccccc2)C(=O)C23CCC(C)(C(=O)O2)C3(C)C)c2ccc(cc2C(=O)c2ccccc2)CC(O)CC1. The summed E-state index contributed by atoms with van der Waals surface area (Å²) in [6.45, 7) is 10.4. The van der Waals surface area contributed by atoms with Gasteiger partial charge in [0.05, 0.1) is 23.7 Å². The second-order valence-corrected chi connectivity index (χ2v) is 17.5. The molecule has 7 nitrogen and oxygen atoms in total. The van der Waals surface area contributed by atoms with Crippen LogP contribution in [0.3, 0.4) is 0 Å². The lowest BCUT2D eigenvalue weighted by Gasteiger charge is -2.47. The van der Waals surface area contributed by atoms with Crippen molar-refractivity contribution >= 4 is 17.7 Å². The van der Waals surface area contributed by atoms with Crippen LogP contribution >= 0.6 is 0 Å². The van der Waals surface area contributed by atoms with Crippen molar-refractivity contribution in [1.82, 2.24) is 4.90 Å². The number of carbonyl (C=O) groups excluding carboxylic acids is 3. The lowest BCUT2D eigenvalue weighted by molar-refractivity contribution is -0.178. The van der Waals surface area contributed by atoms with Gasteiger partial charge in [-0.15, -0.1) is 0 Å². The number of nitrogens with zero attached hydrogens (tertiary/aromatic N) is 1. The van der Waals surface area contributed by atoms with Gasteiger partial charge in [0, 0.05) is 28.5 Å². The van der Waals surface area contributed by atoms with Gasteiger partial charge in [-0.1, -0.05) is 105 Å². The summed E-state index contributed by atoms with van der Waals surface area (Å²) in [5, 5.41) is 24.2. The Kier molecular flexibility index (Phi) is 9.60. The number of aliphatic hydroxyl groups is 2. The smallest absolute Gasteiger partial charge is 0.313 e. The molecule has 3 fully saturated rings. The molecule has 7 heteroatoms. The topological polar surface area (TPSA) is 104 Å². The number of carbonyl (C=O) groups is 3. The molecular formula is C46H55NO6. The number of hydrogen-bond donors (Lipinski definition) is 2. The lowest BCUT2D eigenvalue weighted by Crippen LogP contribution is -2.60. The molecule has 5 aliphatic rings. The van der Waals surface area contributed by atoms with Gasteiger partial charge in [0.2, 0.25) is 0 Å². The molecule has 0 spiro atoms. The van der Waals surface area contributed by atoms with Crippen LogP contribution in [0.5, 0.6) is 0 Å². The van der Waals surface area contributed by atoms with Gasteiger partial charge in [-0.3, -0.25) is 14.4 Å². The molecule has 1 amide bonds. The van der Waals surface area contributed by atoms with Gasteiger partial charge < -0.3 is 19.8 Å². The molecule has 280 valence electrons. The van der Waals surface area contributed by atoms with E-state index in [0.717, 1.165) is 23.1 Å². The fourth-order valence-corrected chi connectivity index (χ4v) is 10.2. The molecule has 6 unspecified atom stereocenters. The number of rotatable bonds is 7. The zero-order valence-electron chi connectivity index (χ0n) is 32.0. The van der Waals surface area contributed by atoms with Crippen molar-refractivity contribution in [3.8, 4) is 0 Å². The van der Waals surface area contributed by atoms with Crippen LogP contribution in [0, 0.1) is 16.2 Å². The Labute approximate surface area is 314 Å². The average molecular weight is 718 g/mol. The zero-order valence-corrected chi connectivity index (χ0v) is 32.0. The predicted molar refractivity (Wildman–Crippen MR) is 205 cm³/mol. The van der Waals surface area contributed by atoms with E-state index in [-0.39, 0.29) is 36.7 Å². The monoisotopic (exact) mass is 717 g/mol. The summed E-state index contributed by atoms with van der Waals surface area (Å²) in [6, 6.07) is 25.2. The van der Waals surface area contributed by atoms with Crippen molar-refractivity contribution in [3.05, 3.63) is 118 Å². The number of allylic oxidation sites excluding steroid dienone is 2. The number of ether oxygens (including phenoxy) is 1. The molecule has 8 rings (SSSR count). The van der Waals surface area contributed by atoms with Gasteiger partial charge in [0.25, 0.3) is 5.91 Å². The zero-order chi connectivity index (χ0) is 37.8. The summed E-state index contributed by atoms with van der Waals surface area (Å²) in [7, 11) is 0. The predicted octanol–water partition coefficient (Wildman–Crippen LogP) is 8.11. The first-order chi connectivity index (χ1) is 25.1. The molecule has 3 aromatic rings. The van der Waals surface area contributed by atoms with E-state index in [9.17, 15) is 19.8 Å². The van der Waals surface area contributed by atoms with E-state index in [2.05, 4.69) is 19.9 Å². The first kappa shape index (κ1) is 37.3. The largest absolute Gasteiger partial charge is 0.448 e. The van der Waals surface area contributed by atoms with E-state index in [1.54, 1.807) is 4.90 Å². The Bertz CT molecular complexity index is 1920. The molecule has 2 saturated carbocycles. The minimum atomic E-state index is -1.33. The van der Waals surface area contributed by atoms with Gasteiger partial charge in [-0.05, 0) is 100 Å². The van der Waals surface area contributed by atoms with Crippen LogP contribution < -0.4 is 0 Å². The molecule has 1 saturated heterocycles. The van der Waals surface area contributed by atoms with E-state index in [4.69, 9.17) is 4.74 Å². The number of hydrogen-bond acceptors (Lipinski definition) is 6. The van der Waals surface area contributed by atoms with Crippen molar-refractivity contribution in [2.24, 2.45) is 16.2 Å². The van der Waals surface area contributed by atoms with Crippen molar-refractivity contribution in [2.45, 2.75) is 122 Å². The lowest BCUT2D eigenvalue weighted by atomic mass is 9.64. The summed E-state index contributed by atoms with van der Waals surface area (Å²) >= 11 is 0. The summed E-state index contributed by atoms with van der Waals surface area (Å²) in [4.78, 5) is 44.6. The molecule has 1 heterocycles. The molecule has 3 aromatic carbocycles. The van der Waals surface area contributed by atoms with Crippen molar-refractivity contribution < 1.29 is 29.3 Å². The molecule has 53 heavy (non-hydrogen) atoms. The highest BCUT2D eigenvalue weighted by molar-refractivity contribution is 6.10. The maximum absolute atomic E-state index is 15.1. The Morgan fingerprint density at radius 1 is 0.887 bits per heavy atom. The van der Waals surface area contributed by atoms with Gasteiger partial charge in [-0.25, -0.2) is 0 Å². The number of amides is 1. The fourth-order valence-electron chi connectivity index (χ4n) is 10.2. The third-order valence-corrected chi connectivity index (χ3v) is 14.3. The van der Waals surface area contributed by atoms with Crippen LogP contribution in [-0.2, 0) is 27.3 Å². The van der Waals surface area contributed by atoms with Gasteiger partial charge in [0.1, 0.15) is 0 Å². The Morgan fingerprint density at radius 2 is 1.58 bits per heavy atom. The highest BCUT2D eigenvalue weighted by atomic mass is 16.6. The third-order valence-electron chi connectivity index (χ3n) is 14.3. The van der Waals surface area contributed by atoms with E-state index in [1.165, 1.54) is 5.57 Å². The van der Waals surface area contributed by atoms with Crippen molar-refractivity contribution in [2.75, 3.05) is 6.54 Å². The first-order valence-corrected chi connectivity index (χ1v) is 19.5. The van der Waals surface area contributed by atoms with E-state index in [0.29, 0.717) is 62.5 Å². The van der Waals surface area contributed by atoms with E-state index >= 15 is 4.79 Å². The Hall–Kier alpha value is -4.07. The number of benzene rings is 3. The summed E-state index contributed by atoms with van der Waals surface area (Å²) in [5.41, 5.74) is 0.256. The second-order valence-electron chi connectivity index (χ2n) is 17.5. The summed E-state index contributed by atoms with van der Waals surface area (Å²) in [6.07, 6.45) is 6.95. The van der Waals surface area contributed by atoms with Crippen LogP contribution in [0.1, 0.15) is 125 Å². The quantitative estimate of drug-likeness (QED) is 0.145. The normalized spacial score (nSPS) is 32.1. The molecule has 6 atom stereocenters. The molecule has 2 N–H and O–H groups in total. The molecule has 0 radical (unpaired) electrons. The van der Waals surface area contributed by atoms with Crippen LogP contribution in [0.2, 0.25) is 0 Å². The van der Waals surface area contributed by atoms with Crippen LogP contribution in [0.15, 0.2) is 90.5 Å². The van der Waals surface area contributed by atoms with Crippen LogP contribution in [-0.4, -0.2) is 56.6 Å². The van der Waals surface area contributed by atoms with Gasteiger partial charge in [-0.2, -0.15) is 0 Å². The molecule has 0 aromatic heterocycles. The van der Waals surface area contributed by atoms with E-state index in [1.807, 2.05) is 99.6 Å².